The molecule has 0 radical (unpaired) electrons. The van der Waals surface area contributed by atoms with Crippen molar-refractivity contribution in [3.8, 4) is 0 Å². The Morgan fingerprint density at radius 3 is 2.45 bits per heavy atom. The molecular formula is C24H34N4O4Si. The predicted molar refractivity (Wildman–Crippen MR) is 128 cm³/mol. The third kappa shape index (κ3) is 3.87. The molecule has 2 aliphatic rings. The maximum atomic E-state index is 13.3. The van der Waals surface area contributed by atoms with Gasteiger partial charge in [-0.1, -0.05) is 56.4 Å². The highest BCUT2D eigenvalue weighted by Gasteiger charge is 2.54. The first-order chi connectivity index (χ1) is 15.5. The number of anilines is 1. The number of rotatable bonds is 6. The number of amides is 2. The number of nitrogens with zero attached hydrogens (tertiary/aromatic N) is 2. The maximum Gasteiger partial charge on any atom is 0.411 e. The van der Waals surface area contributed by atoms with E-state index in [4.69, 9.17) is 4.74 Å². The molecule has 178 valence electrons. The fourth-order valence-corrected chi connectivity index (χ4v) is 7.65. The second kappa shape index (κ2) is 8.29. The largest absolute Gasteiger partial charge is 0.439 e. The molecule has 2 aromatic rings. The van der Waals surface area contributed by atoms with Crippen LogP contribution in [0.15, 0.2) is 30.3 Å². The van der Waals surface area contributed by atoms with Gasteiger partial charge in [0.15, 0.2) is 11.9 Å². The average Bonchev–Trinajstić information content (AvgIpc) is 3.23. The Balaban J connectivity index is 1.52. The van der Waals surface area contributed by atoms with Crippen LogP contribution in [-0.2, 0) is 21.6 Å². The van der Waals surface area contributed by atoms with E-state index in [0.29, 0.717) is 5.82 Å². The summed E-state index contributed by atoms with van der Waals surface area (Å²) < 4.78 is 5.67. The van der Waals surface area contributed by atoms with Crippen LogP contribution in [0, 0.1) is 0 Å². The predicted octanol–water partition coefficient (Wildman–Crippen LogP) is 4.53. The molecule has 0 saturated heterocycles. The molecule has 1 aliphatic carbocycles. The van der Waals surface area contributed by atoms with Crippen molar-refractivity contribution in [2.24, 2.45) is 0 Å². The Labute approximate surface area is 195 Å². The molecule has 1 atom stereocenters. The third-order valence-electron chi connectivity index (χ3n) is 7.58. The molecule has 8 nitrogen and oxygen atoms in total. The maximum absolute atomic E-state index is 13.3. The molecule has 2 amide bonds. The van der Waals surface area contributed by atoms with E-state index in [9.17, 15) is 14.7 Å². The van der Waals surface area contributed by atoms with Gasteiger partial charge in [-0.15, -0.1) is 0 Å². The normalized spacial score (nSPS) is 19.4. The summed E-state index contributed by atoms with van der Waals surface area (Å²) in [6.07, 6.45) is 1.65. The highest BCUT2D eigenvalue weighted by atomic mass is 28.3. The van der Waals surface area contributed by atoms with Gasteiger partial charge in [0.2, 0.25) is 5.91 Å². The Morgan fingerprint density at radius 2 is 1.91 bits per heavy atom. The van der Waals surface area contributed by atoms with Gasteiger partial charge >= 0.3 is 6.09 Å². The van der Waals surface area contributed by atoms with Gasteiger partial charge in [0.05, 0.1) is 32.5 Å². The zero-order valence-electron chi connectivity index (χ0n) is 20.1. The van der Waals surface area contributed by atoms with E-state index in [1.54, 1.807) is 4.90 Å². The van der Waals surface area contributed by atoms with Crippen LogP contribution in [0.3, 0.4) is 0 Å². The molecule has 1 aliphatic heterocycles. The lowest BCUT2D eigenvalue weighted by molar-refractivity contribution is -0.121. The van der Waals surface area contributed by atoms with Crippen molar-refractivity contribution in [1.82, 2.24) is 15.1 Å². The molecule has 9 heteroatoms. The summed E-state index contributed by atoms with van der Waals surface area (Å²) >= 11 is 0. The number of benzene rings is 1. The van der Waals surface area contributed by atoms with Gasteiger partial charge in [-0.25, -0.2) is 4.79 Å². The number of aromatic amines is 1. The van der Waals surface area contributed by atoms with Crippen LogP contribution in [0.25, 0.3) is 0 Å². The van der Waals surface area contributed by atoms with Gasteiger partial charge in [-0.05, 0) is 32.3 Å². The van der Waals surface area contributed by atoms with E-state index < -0.39 is 25.8 Å². The first kappa shape index (κ1) is 23.5. The first-order valence-electron chi connectivity index (χ1n) is 11.5. The van der Waals surface area contributed by atoms with E-state index >= 15 is 0 Å². The lowest BCUT2D eigenvalue weighted by Gasteiger charge is -2.48. The number of aromatic nitrogens is 2. The summed E-state index contributed by atoms with van der Waals surface area (Å²) in [4.78, 5) is 28.0. The summed E-state index contributed by atoms with van der Waals surface area (Å²) in [7, 11) is -1.72. The molecule has 4 rings (SSSR count). The summed E-state index contributed by atoms with van der Waals surface area (Å²) in [5.74, 6) is 0.537. The van der Waals surface area contributed by atoms with Crippen molar-refractivity contribution in [3.63, 3.8) is 0 Å². The van der Waals surface area contributed by atoms with Gasteiger partial charge in [0.1, 0.15) is 0 Å². The van der Waals surface area contributed by atoms with E-state index in [1.807, 2.05) is 44.2 Å². The molecular weight excluding hydrogens is 436 g/mol. The molecule has 1 aromatic carbocycles. The van der Waals surface area contributed by atoms with Crippen LogP contribution in [0.1, 0.15) is 56.0 Å². The number of nitrogens with one attached hydrogen (secondary N) is 2. The molecule has 0 spiro atoms. The van der Waals surface area contributed by atoms with E-state index in [0.717, 1.165) is 36.1 Å². The molecule has 3 N–H and O–H groups in total. The van der Waals surface area contributed by atoms with E-state index in [2.05, 4.69) is 35.2 Å². The van der Waals surface area contributed by atoms with Crippen molar-refractivity contribution in [3.05, 3.63) is 47.2 Å². The minimum atomic E-state index is -1.72. The van der Waals surface area contributed by atoms with Crippen molar-refractivity contribution in [1.29, 1.82) is 0 Å². The number of H-pyrrole nitrogens is 1. The van der Waals surface area contributed by atoms with Crippen molar-refractivity contribution in [2.45, 2.75) is 76.0 Å². The average molecular weight is 471 g/mol. The van der Waals surface area contributed by atoms with Gasteiger partial charge in [-0.2, -0.15) is 5.10 Å². The number of hydrogen-bond acceptors (Lipinski definition) is 5. The number of ether oxygens (including phenoxy) is 1. The second-order valence-corrected chi connectivity index (χ2v) is 16.1. The topological polar surface area (TPSA) is 108 Å². The Kier molecular flexibility index (Phi) is 5.90. The second-order valence-electron chi connectivity index (χ2n) is 10.7. The fraction of sp³-hybridized carbons (Fsp3) is 0.542. The zero-order chi connectivity index (χ0) is 24.0. The van der Waals surface area contributed by atoms with Crippen LogP contribution >= 0.6 is 0 Å². The van der Waals surface area contributed by atoms with Gasteiger partial charge in [0, 0.05) is 10.6 Å². The molecule has 0 bridgehead atoms. The minimum absolute atomic E-state index is 0.0467. The van der Waals surface area contributed by atoms with E-state index in [1.165, 1.54) is 0 Å². The van der Waals surface area contributed by atoms with Crippen LogP contribution in [0.2, 0.25) is 24.7 Å². The molecule has 2 heterocycles. The quantitative estimate of drug-likeness (QED) is 0.538. The summed E-state index contributed by atoms with van der Waals surface area (Å²) in [6.45, 7) is 10.5. The van der Waals surface area contributed by atoms with Crippen molar-refractivity contribution in [2.75, 3.05) is 11.9 Å². The van der Waals surface area contributed by atoms with Crippen molar-refractivity contribution < 1.29 is 19.4 Å². The number of fused-ring (bicyclic) bond motifs is 1. The number of carbonyl (C=O) groups is 2. The zero-order valence-corrected chi connectivity index (χ0v) is 21.1. The number of aliphatic hydroxyl groups excluding tert-OH is 1. The van der Waals surface area contributed by atoms with Crippen LogP contribution in [0.4, 0.5) is 10.6 Å². The molecule has 1 fully saturated rings. The lowest BCUT2D eigenvalue weighted by Crippen LogP contribution is -2.52. The van der Waals surface area contributed by atoms with Crippen molar-refractivity contribution >= 4 is 25.9 Å². The highest BCUT2D eigenvalue weighted by Crippen LogP contribution is 2.56. The number of carbonyl (C=O) groups excluding carboxylic acids is 2. The third-order valence-corrected chi connectivity index (χ3v) is 11.2. The Morgan fingerprint density at radius 1 is 1.24 bits per heavy atom. The van der Waals surface area contributed by atoms with Gasteiger partial charge in [0.25, 0.3) is 0 Å². The molecule has 1 unspecified atom stereocenters. The fourth-order valence-electron chi connectivity index (χ4n) is 5.05. The number of hydrogen-bond donors (Lipinski definition) is 3. The summed E-state index contributed by atoms with van der Waals surface area (Å²) in [6, 6.07) is 9.18. The lowest BCUT2D eigenvalue weighted by atomic mass is 9.83. The van der Waals surface area contributed by atoms with Crippen LogP contribution in [0.5, 0.6) is 0 Å². The Hall–Kier alpha value is -2.65. The summed E-state index contributed by atoms with van der Waals surface area (Å²) in [5.41, 5.74) is 1.61. The first-order valence-corrected chi connectivity index (χ1v) is 15.0. The SMILES string of the molecule is CC1(C)c2[nH]nc(NC(=O)C3([Si](C)(C)C)CCC3)c2CN1C(=O)OC(CO)c1ccccc1. The van der Waals surface area contributed by atoms with Crippen LogP contribution in [-0.4, -0.2) is 46.9 Å². The standard InChI is InChI=1S/C24H34N4O4Si/c1-23(2)19-17(14-28(23)22(31)32-18(15-29)16-10-7-6-8-11-16)20(27-26-19)25-21(30)24(12-9-13-24)33(3,4)5/h6-8,10-11,18,29H,9,12-15H2,1-5H3,(H2,25,26,27,30). The summed E-state index contributed by atoms with van der Waals surface area (Å²) in [5, 5.41) is 20.0. The molecule has 1 saturated carbocycles. The van der Waals surface area contributed by atoms with Gasteiger partial charge < -0.3 is 15.2 Å². The van der Waals surface area contributed by atoms with E-state index in [-0.39, 0.29) is 24.1 Å². The Bertz CT molecular complexity index is 1040. The molecule has 33 heavy (non-hydrogen) atoms. The van der Waals surface area contributed by atoms with Crippen LogP contribution < -0.4 is 5.32 Å². The monoisotopic (exact) mass is 470 g/mol. The minimum Gasteiger partial charge on any atom is -0.439 e. The smallest absolute Gasteiger partial charge is 0.411 e. The highest BCUT2D eigenvalue weighted by molar-refractivity contribution is 6.83. The molecule has 1 aromatic heterocycles. The van der Waals surface area contributed by atoms with Gasteiger partial charge in [-0.3, -0.25) is 14.8 Å². The number of aliphatic hydroxyl groups is 1.